The van der Waals surface area contributed by atoms with Gasteiger partial charge in [0.25, 0.3) is 0 Å². The SMILES string of the molecule is [Li+].[c-]1ccccc1N=NN1CCCC1. The van der Waals surface area contributed by atoms with E-state index in [4.69, 9.17) is 0 Å². The van der Waals surface area contributed by atoms with Crippen LogP contribution < -0.4 is 18.9 Å². The summed E-state index contributed by atoms with van der Waals surface area (Å²) in [5.74, 6) is 0. The van der Waals surface area contributed by atoms with Gasteiger partial charge < -0.3 is 0 Å². The Bertz CT molecular complexity index is 281. The molecule has 0 saturated carbocycles. The Labute approximate surface area is 96.4 Å². The summed E-state index contributed by atoms with van der Waals surface area (Å²) in [6.07, 6.45) is 2.47. The van der Waals surface area contributed by atoms with Gasteiger partial charge in [0, 0.05) is 13.1 Å². The molecule has 1 aliphatic heterocycles. The van der Waals surface area contributed by atoms with Crippen LogP contribution in [-0.2, 0) is 0 Å². The number of benzene rings is 1. The maximum Gasteiger partial charge on any atom is 1.00 e. The summed E-state index contributed by atoms with van der Waals surface area (Å²) in [7, 11) is 0. The van der Waals surface area contributed by atoms with Crippen molar-refractivity contribution in [2.75, 3.05) is 13.1 Å². The molecule has 0 bridgehead atoms. The maximum absolute atomic E-state index is 4.12. The standard InChI is InChI=1S/C10H12N3.Li/c1-2-6-10(7-3-1)11-12-13-8-4-5-9-13;/h1-3,6H,4-5,8-9H2;/q-1;+1. The Balaban J connectivity index is 0.000000980. The van der Waals surface area contributed by atoms with Crippen molar-refractivity contribution in [3.8, 4) is 0 Å². The predicted octanol–water partition coefficient (Wildman–Crippen LogP) is -0.415. The summed E-state index contributed by atoms with van der Waals surface area (Å²) in [6, 6.07) is 10.6. The van der Waals surface area contributed by atoms with Gasteiger partial charge in [0.05, 0.1) is 0 Å². The second-order valence-electron chi connectivity index (χ2n) is 3.10. The molecule has 1 heterocycles. The molecular weight excluding hydrogens is 169 g/mol. The molecule has 1 saturated heterocycles. The van der Waals surface area contributed by atoms with Gasteiger partial charge in [-0.05, 0) is 18.5 Å². The molecule has 0 N–H and O–H groups in total. The second kappa shape index (κ2) is 5.85. The van der Waals surface area contributed by atoms with Gasteiger partial charge in [-0.3, -0.25) is 5.01 Å². The van der Waals surface area contributed by atoms with Crippen molar-refractivity contribution in [3.63, 3.8) is 0 Å². The van der Waals surface area contributed by atoms with Crippen molar-refractivity contribution in [3.05, 3.63) is 30.3 Å². The first-order valence-corrected chi connectivity index (χ1v) is 4.58. The predicted molar refractivity (Wildman–Crippen MR) is 50.6 cm³/mol. The average molecular weight is 181 g/mol. The first kappa shape index (κ1) is 11.3. The van der Waals surface area contributed by atoms with E-state index in [2.05, 4.69) is 16.4 Å². The molecule has 0 aliphatic carbocycles. The van der Waals surface area contributed by atoms with E-state index in [0.29, 0.717) is 0 Å². The molecule has 1 aromatic rings. The fraction of sp³-hybridized carbons (Fsp3) is 0.400. The monoisotopic (exact) mass is 181 g/mol. The fourth-order valence-corrected chi connectivity index (χ4v) is 1.35. The van der Waals surface area contributed by atoms with Crippen LogP contribution in [-0.4, -0.2) is 18.1 Å². The fourth-order valence-electron chi connectivity index (χ4n) is 1.35. The molecule has 0 atom stereocenters. The first-order chi connectivity index (χ1) is 6.45. The van der Waals surface area contributed by atoms with E-state index < -0.39 is 0 Å². The summed E-state index contributed by atoms with van der Waals surface area (Å²) in [6.45, 7) is 2.08. The van der Waals surface area contributed by atoms with Crippen LogP contribution in [0, 0.1) is 6.07 Å². The molecule has 4 heteroatoms. The Morgan fingerprint density at radius 3 is 2.64 bits per heavy atom. The first-order valence-electron chi connectivity index (χ1n) is 4.58. The van der Waals surface area contributed by atoms with E-state index >= 15 is 0 Å². The normalized spacial score (nSPS) is 15.9. The molecule has 2 rings (SSSR count). The molecule has 0 aromatic heterocycles. The summed E-state index contributed by atoms with van der Waals surface area (Å²) < 4.78 is 0. The van der Waals surface area contributed by atoms with E-state index in [9.17, 15) is 0 Å². The summed E-state index contributed by atoms with van der Waals surface area (Å²) in [5.41, 5.74) is 0.800. The van der Waals surface area contributed by atoms with Crippen LogP contribution in [0.4, 0.5) is 5.69 Å². The van der Waals surface area contributed by atoms with E-state index in [-0.39, 0.29) is 18.9 Å². The molecule has 0 radical (unpaired) electrons. The minimum atomic E-state index is 0. The molecule has 0 unspecified atom stereocenters. The number of hydrogen-bond donors (Lipinski definition) is 0. The van der Waals surface area contributed by atoms with E-state index in [1.165, 1.54) is 12.8 Å². The Morgan fingerprint density at radius 1 is 1.21 bits per heavy atom. The topological polar surface area (TPSA) is 28.0 Å². The second-order valence-corrected chi connectivity index (χ2v) is 3.10. The van der Waals surface area contributed by atoms with Crippen LogP contribution in [0.3, 0.4) is 0 Å². The molecule has 0 spiro atoms. The van der Waals surface area contributed by atoms with E-state index in [1.54, 1.807) is 0 Å². The average Bonchev–Trinajstić information content (AvgIpc) is 2.69. The molecule has 14 heavy (non-hydrogen) atoms. The minimum absolute atomic E-state index is 0. The number of rotatable bonds is 2. The van der Waals surface area contributed by atoms with Gasteiger partial charge in [-0.25, -0.2) is 0 Å². The van der Waals surface area contributed by atoms with Gasteiger partial charge in [0.1, 0.15) is 0 Å². The largest absolute Gasteiger partial charge is 1.00 e. The van der Waals surface area contributed by atoms with Gasteiger partial charge in [-0.15, -0.1) is 6.07 Å². The third-order valence-electron chi connectivity index (χ3n) is 2.05. The van der Waals surface area contributed by atoms with Crippen LogP contribution in [0.2, 0.25) is 0 Å². The van der Waals surface area contributed by atoms with Crippen molar-refractivity contribution >= 4 is 5.69 Å². The zero-order chi connectivity index (χ0) is 8.93. The number of hydrogen-bond acceptors (Lipinski definition) is 2. The van der Waals surface area contributed by atoms with Gasteiger partial charge in [-0.2, -0.15) is 29.4 Å². The van der Waals surface area contributed by atoms with Crippen LogP contribution in [0.15, 0.2) is 34.6 Å². The maximum atomic E-state index is 4.12. The molecule has 1 fully saturated rings. The summed E-state index contributed by atoms with van der Waals surface area (Å²) in [4.78, 5) is 0. The molecular formula is C10H12LiN3. The Morgan fingerprint density at radius 2 is 2.00 bits per heavy atom. The van der Waals surface area contributed by atoms with Crippen LogP contribution >= 0.6 is 0 Å². The van der Waals surface area contributed by atoms with Crippen LogP contribution in [0.25, 0.3) is 0 Å². The van der Waals surface area contributed by atoms with Gasteiger partial charge in [-0.1, -0.05) is 5.22 Å². The van der Waals surface area contributed by atoms with Crippen molar-refractivity contribution in [2.45, 2.75) is 12.8 Å². The number of nitrogens with zero attached hydrogens (tertiary/aromatic N) is 3. The van der Waals surface area contributed by atoms with Gasteiger partial charge >= 0.3 is 18.9 Å². The quantitative estimate of drug-likeness (QED) is 0.346. The summed E-state index contributed by atoms with van der Waals surface area (Å²) >= 11 is 0. The van der Waals surface area contributed by atoms with E-state index in [1.807, 2.05) is 29.3 Å². The molecule has 3 nitrogen and oxygen atoms in total. The third kappa shape index (κ3) is 3.17. The van der Waals surface area contributed by atoms with Gasteiger partial charge in [0.15, 0.2) is 0 Å². The zero-order valence-corrected chi connectivity index (χ0v) is 8.48. The van der Waals surface area contributed by atoms with Crippen LogP contribution in [0.5, 0.6) is 0 Å². The van der Waals surface area contributed by atoms with E-state index in [0.717, 1.165) is 18.8 Å². The van der Waals surface area contributed by atoms with Crippen molar-refractivity contribution in [2.24, 2.45) is 10.3 Å². The smallest absolute Gasteiger partial charge is 0.279 e. The molecule has 1 aromatic carbocycles. The Kier molecular flexibility index (Phi) is 4.72. The van der Waals surface area contributed by atoms with Crippen molar-refractivity contribution < 1.29 is 18.9 Å². The molecule has 0 amide bonds. The third-order valence-corrected chi connectivity index (χ3v) is 2.05. The zero-order valence-electron chi connectivity index (χ0n) is 8.48. The van der Waals surface area contributed by atoms with Crippen molar-refractivity contribution in [1.82, 2.24) is 5.01 Å². The van der Waals surface area contributed by atoms with Gasteiger partial charge in [0.2, 0.25) is 0 Å². The Hall–Kier alpha value is -0.783. The summed E-state index contributed by atoms with van der Waals surface area (Å²) in [5, 5.41) is 10.2. The molecule has 1 aliphatic rings. The van der Waals surface area contributed by atoms with Crippen molar-refractivity contribution in [1.29, 1.82) is 0 Å². The molecule has 68 valence electrons. The van der Waals surface area contributed by atoms with Crippen LogP contribution in [0.1, 0.15) is 12.8 Å². The minimum Gasteiger partial charge on any atom is -0.279 e.